The highest BCUT2D eigenvalue weighted by molar-refractivity contribution is 7.89. The summed E-state index contributed by atoms with van der Waals surface area (Å²) in [6.07, 6.45) is 4.57. The van der Waals surface area contributed by atoms with E-state index in [1.54, 1.807) is 19.9 Å². The fraction of sp³-hybridized carbons (Fsp3) is 0.455. The Hall–Kier alpha value is -2.14. The van der Waals surface area contributed by atoms with Crippen molar-refractivity contribution in [1.29, 1.82) is 0 Å². The van der Waals surface area contributed by atoms with Gasteiger partial charge in [0.15, 0.2) is 5.60 Å². The number of piperidine rings is 1. The first-order valence-electron chi connectivity index (χ1n) is 10.8. The largest absolute Gasteiger partial charge is 0.476 e. The molecule has 2 bridgehead atoms. The number of anilines is 1. The first-order valence-corrected chi connectivity index (χ1v) is 13.1. The molecule has 1 aromatic carbocycles. The second-order valence-corrected chi connectivity index (χ2v) is 11.4. The molecule has 1 aromatic heterocycles. The van der Waals surface area contributed by atoms with Crippen LogP contribution in [0.3, 0.4) is 0 Å². The van der Waals surface area contributed by atoms with Crippen LogP contribution in [0.1, 0.15) is 39.5 Å². The lowest BCUT2D eigenvalue weighted by molar-refractivity contribution is -0.135. The Kier molecular flexibility index (Phi) is 6.71. The molecule has 3 atom stereocenters. The van der Waals surface area contributed by atoms with Crippen molar-refractivity contribution in [3.63, 3.8) is 0 Å². The van der Waals surface area contributed by atoms with Crippen molar-refractivity contribution in [2.45, 2.75) is 68.2 Å². The highest BCUT2D eigenvalue weighted by Gasteiger charge is 2.43. The number of nitrogens with two attached hydrogens (primary N) is 1. The minimum absolute atomic E-state index is 0.0319. The standard InChI is InChI=1S/C22H25Cl2FN4O4S/c1-22(2,33-17-7-6-16(25)19(23)20(17)24)21(30)28-12-9-13-3-4-14(10-12)29(13)18-8-5-15(11-27-18)34(26,31)32/h5-8,11-14H,3-4,9-10H2,1-2H3,(H,28,30)(H2,26,31,32)/t12-,13+,14-. The minimum Gasteiger partial charge on any atom is -0.476 e. The number of fused-ring (bicyclic) bond motifs is 2. The molecule has 0 radical (unpaired) electrons. The molecule has 1 amide bonds. The molecule has 3 heterocycles. The lowest BCUT2D eigenvalue weighted by Crippen LogP contribution is -2.55. The van der Waals surface area contributed by atoms with Crippen LogP contribution in [0.4, 0.5) is 10.2 Å². The van der Waals surface area contributed by atoms with Crippen molar-refractivity contribution >= 4 is 45.0 Å². The summed E-state index contributed by atoms with van der Waals surface area (Å²) in [7, 11) is -3.80. The van der Waals surface area contributed by atoms with Crippen LogP contribution >= 0.6 is 23.2 Å². The zero-order valence-corrected chi connectivity index (χ0v) is 20.9. The second kappa shape index (κ2) is 9.14. The summed E-state index contributed by atoms with van der Waals surface area (Å²) in [5.74, 6) is -0.178. The van der Waals surface area contributed by atoms with Gasteiger partial charge in [0.05, 0.1) is 5.02 Å². The number of nitrogens with one attached hydrogen (secondary N) is 1. The van der Waals surface area contributed by atoms with Crippen molar-refractivity contribution in [2.75, 3.05) is 4.90 Å². The quantitative estimate of drug-likeness (QED) is 0.550. The van der Waals surface area contributed by atoms with Crippen molar-refractivity contribution < 1.29 is 22.3 Å². The van der Waals surface area contributed by atoms with Crippen LogP contribution in [-0.2, 0) is 14.8 Å². The van der Waals surface area contributed by atoms with E-state index in [1.165, 1.54) is 18.3 Å². The van der Waals surface area contributed by atoms with Gasteiger partial charge in [-0.25, -0.2) is 22.9 Å². The van der Waals surface area contributed by atoms with Gasteiger partial charge in [0.25, 0.3) is 5.91 Å². The van der Waals surface area contributed by atoms with Gasteiger partial charge in [0.2, 0.25) is 10.0 Å². The number of rotatable bonds is 6. The van der Waals surface area contributed by atoms with Gasteiger partial charge in [-0.1, -0.05) is 23.2 Å². The van der Waals surface area contributed by atoms with E-state index in [2.05, 4.69) is 15.2 Å². The Labute approximate surface area is 207 Å². The highest BCUT2D eigenvalue weighted by atomic mass is 35.5. The molecule has 2 aromatic rings. The van der Waals surface area contributed by atoms with Gasteiger partial charge in [0, 0.05) is 24.3 Å². The number of nitrogens with zero attached hydrogens (tertiary/aromatic N) is 2. The van der Waals surface area contributed by atoms with Crippen LogP contribution < -0.4 is 20.1 Å². The smallest absolute Gasteiger partial charge is 0.263 e. The molecule has 3 N–H and O–H groups in total. The Morgan fingerprint density at radius 3 is 2.38 bits per heavy atom. The van der Waals surface area contributed by atoms with E-state index in [0.29, 0.717) is 18.7 Å². The van der Waals surface area contributed by atoms with Gasteiger partial charge in [-0.15, -0.1) is 0 Å². The molecule has 0 unspecified atom stereocenters. The van der Waals surface area contributed by atoms with Crippen molar-refractivity contribution in [3.8, 4) is 5.75 Å². The first-order chi connectivity index (χ1) is 15.9. The fourth-order valence-corrected chi connectivity index (χ4v) is 5.44. The third kappa shape index (κ3) is 4.95. The van der Waals surface area contributed by atoms with Crippen LogP contribution in [0.2, 0.25) is 10.0 Å². The number of primary sulfonamides is 1. The van der Waals surface area contributed by atoms with E-state index in [0.717, 1.165) is 18.9 Å². The number of carbonyl (C=O) groups is 1. The third-order valence-corrected chi connectivity index (χ3v) is 8.03. The summed E-state index contributed by atoms with van der Waals surface area (Å²) in [6, 6.07) is 5.84. The van der Waals surface area contributed by atoms with Crippen molar-refractivity contribution in [2.24, 2.45) is 5.14 Å². The maximum Gasteiger partial charge on any atom is 0.263 e. The number of sulfonamides is 1. The Balaban J connectivity index is 1.42. The molecule has 2 fully saturated rings. The number of halogens is 3. The first kappa shape index (κ1) is 25.0. The SMILES string of the molecule is CC(C)(Oc1ccc(F)c(Cl)c1Cl)C(=O)N[C@H]1C[C@H]2CC[C@@H](C1)N2c1ccc(S(N)(=O)=O)cn1. The summed E-state index contributed by atoms with van der Waals surface area (Å²) in [4.78, 5) is 19.5. The molecular formula is C22H25Cl2FN4O4S. The summed E-state index contributed by atoms with van der Waals surface area (Å²) < 4.78 is 42.4. The Morgan fingerprint density at radius 1 is 1.18 bits per heavy atom. The number of benzene rings is 1. The zero-order chi connectivity index (χ0) is 24.8. The molecule has 0 spiro atoms. The van der Waals surface area contributed by atoms with Crippen molar-refractivity contribution in [1.82, 2.24) is 10.3 Å². The second-order valence-electron chi connectivity index (χ2n) is 9.12. The third-order valence-electron chi connectivity index (χ3n) is 6.29. The molecule has 34 heavy (non-hydrogen) atoms. The van der Waals surface area contributed by atoms with Crippen LogP contribution in [0, 0.1) is 5.82 Å². The van der Waals surface area contributed by atoms with Gasteiger partial charge in [-0.2, -0.15) is 0 Å². The van der Waals surface area contributed by atoms with E-state index in [1.807, 2.05) is 0 Å². The molecule has 0 saturated carbocycles. The van der Waals surface area contributed by atoms with Gasteiger partial charge in [-0.05, 0) is 63.8 Å². The van der Waals surface area contributed by atoms with Crippen LogP contribution in [0.5, 0.6) is 5.75 Å². The molecule has 2 saturated heterocycles. The van der Waals surface area contributed by atoms with E-state index in [4.69, 9.17) is 33.1 Å². The number of hydrogen-bond acceptors (Lipinski definition) is 6. The molecule has 0 aliphatic carbocycles. The number of ether oxygens (including phenoxy) is 1. The summed E-state index contributed by atoms with van der Waals surface area (Å²) in [5.41, 5.74) is -1.27. The number of pyridine rings is 1. The predicted octanol–water partition coefficient (Wildman–Crippen LogP) is 3.65. The molecule has 2 aliphatic rings. The van der Waals surface area contributed by atoms with Gasteiger partial charge >= 0.3 is 0 Å². The molecule has 4 rings (SSSR count). The van der Waals surface area contributed by atoms with E-state index >= 15 is 0 Å². The number of carbonyl (C=O) groups excluding carboxylic acids is 1. The summed E-state index contributed by atoms with van der Waals surface area (Å²) >= 11 is 11.9. The number of aromatic nitrogens is 1. The Bertz CT molecular complexity index is 1200. The molecule has 12 heteroatoms. The molecule has 8 nitrogen and oxygen atoms in total. The number of hydrogen-bond donors (Lipinski definition) is 2. The van der Waals surface area contributed by atoms with E-state index in [-0.39, 0.29) is 44.7 Å². The monoisotopic (exact) mass is 530 g/mol. The Morgan fingerprint density at radius 2 is 1.82 bits per heavy atom. The topological polar surface area (TPSA) is 115 Å². The van der Waals surface area contributed by atoms with Gasteiger partial charge in [0.1, 0.15) is 27.3 Å². The summed E-state index contributed by atoms with van der Waals surface area (Å²) in [6.45, 7) is 3.22. The number of amides is 1. The highest BCUT2D eigenvalue weighted by Crippen LogP contribution is 2.39. The summed E-state index contributed by atoms with van der Waals surface area (Å²) in [5, 5.41) is 7.88. The lowest BCUT2D eigenvalue weighted by Gasteiger charge is -2.40. The van der Waals surface area contributed by atoms with E-state index in [9.17, 15) is 17.6 Å². The maximum atomic E-state index is 13.6. The normalized spacial score (nSPS) is 22.5. The van der Waals surface area contributed by atoms with Gasteiger partial charge < -0.3 is 15.0 Å². The molecular weight excluding hydrogens is 506 g/mol. The zero-order valence-electron chi connectivity index (χ0n) is 18.6. The fourth-order valence-electron chi connectivity index (χ4n) is 4.63. The van der Waals surface area contributed by atoms with Crippen molar-refractivity contribution in [3.05, 3.63) is 46.3 Å². The molecule has 2 aliphatic heterocycles. The average molecular weight is 531 g/mol. The van der Waals surface area contributed by atoms with Crippen LogP contribution in [0.25, 0.3) is 0 Å². The maximum absolute atomic E-state index is 13.6. The lowest BCUT2D eigenvalue weighted by atomic mass is 9.96. The van der Waals surface area contributed by atoms with Crippen LogP contribution in [0.15, 0.2) is 35.4 Å². The predicted molar refractivity (Wildman–Crippen MR) is 127 cm³/mol. The molecule has 184 valence electrons. The van der Waals surface area contributed by atoms with E-state index < -0.39 is 21.4 Å². The van der Waals surface area contributed by atoms with Crippen LogP contribution in [-0.4, -0.2) is 43.0 Å². The minimum atomic E-state index is -3.80. The average Bonchev–Trinajstić information content (AvgIpc) is 3.04. The van der Waals surface area contributed by atoms with Gasteiger partial charge in [-0.3, -0.25) is 4.79 Å².